The van der Waals surface area contributed by atoms with Gasteiger partial charge >= 0.3 is 0 Å². The van der Waals surface area contributed by atoms with Crippen LogP contribution in [0, 0.1) is 0 Å². The van der Waals surface area contributed by atoms with E-state index in [-0.39, 0.29) is 6.10 Å². The van der Waals surface area contributed by atoms with Crippen molar-refractivity contribution in [3.05, 3.63) is 0 Å². The predicted octanol–water partition coefficient (Wildman–Crippen LogP) is 0.178. The Morgan fingerprint density at radius 1 is 1.09 bits per heavy atom. The van der Waals surface area contributed by atoms with E-state index in [0.717, 1.165) is 0 Å². The molecule has 0 spiro atoms. The molecular formula is C6H12O4S. The summed E-state index contributed by atoms with van der Waals surface area (Å²) in [5, 5.41) is 8.37. The molecule has 0 bridgehead atoms. The largest absolute Gasteiger partial charge is 0.393 e. The van der Waals surface area contributed by atoms with Crippen LogP contribution in [0.3, 0.4) is 0 Å². The summed E-state index contributed by atoms with van der Waals surface area (Å²) in [6.07, 6.45) is 1.32. The molecule has 1 aliphatic carbocycles. The Balaban J connectivity index is 2.53. The number of aliphatic hydroxyl groups is 1. The minimum atomic E-state index is -3.86. The van der Waals surface area contributed by atoms with Crippen molar-refractivity contribution < 1.29 is 18.1 Å². The fraction of sp³-hybridized carbons (Fsp3) is 1.00. The molecule has 0 radical (unpaired) electrons. The van der Waals surface area contributed by atoms with Crippen LogP contribution in [0.2, 0.25) is 0 Å². The fourth-order valence-corrected chi connectivity index (χ4v) is 2.21. The van der Waals surface area contributed by atoms with E-state index in [1.54, 1.807) is 0 Å². The molecule has 1 aliphatic rings. The van der Waals surface area contributed by atoms with Crippen molar-refractivity contribution in [3.8, 4) is 0 Å². The topological polar surface area (TPSA) is 74.6 Å². The van der Waals surface area contributed by atoms with E-state index >= 15 is 0 Å². The molecule has 0 aromatic rings. The first-order chi connectivity index (χ1) is 5.00. The Morgan fingerprint density at radius 3 is 1.91 bits per heavy atom. The van der Waals surface area contributed by atoms with Gasteiger partial charge in [-0.25, -0.2) is 0 Å². The lowest BCUT2D eigenvalue weighted by Gasteiger charge is -2.22. The summed E-state index contributed by atoms with van der Waals surface area (Å²) in [5.41, 5.74) is 0. The van der Waals surface area contributed by atoms with Gasteiger partial charge in [0, 0.05) is 0 Å². The van der Waals surface area contributed by atoms with E-state index in [2.05, 4.69) is 0 Å². The summed E-state index contributed by atoms with van der Waals surface area (Å²) < 4.78 is 29.8. The van der Waals surface area contributed by atoms with Crippen molar-refractivity contribution in [1.82, 2.24) is 0 Å². The van der Waals surface area contributed by atoms with Crippen LogP contribution < -0.4 is 0 Å². The van der Waals surface area contributed by atoms with Crippen molar-refractivity contribution in [2.24, 2.45) is 0 Å². The highest BCUT2D eigenvalue weighted by atomic mass is 32.2. The molecule has 2 N–H and O–H groups in total. The van der Waals surface area contributed by atoms with Crippen molar-refractivity contribution >= 4 is 10.1 Å². The van der Waals surface area contributed by atoms with Crippen molar-refractivity contribution in [3.63, 3.8) is 0 Å². The summed E-state index contributed by atoms with van der Waals surface area (Å²) in [4.78, 5) is 0. The number of rotatable bonds is 1. The van der Waals surface area contributed by atoms with E-state index < -0.39 is 15.4 Å². The molecule has 1 rings (SSSR count). The van der Waals surface area contributed by atoms with E-state index in [1.807, 2.05) is 0 Å². The Hall–Kier alpha value is -0.130. The molecule has 0 heterocycles. The molecule has 1 saturated carbocycles. The Morgan fingerprint density at radius 2 is 1.55 bits per heavy atom. The highest BCUT2D eigenvalue weighted by Gasteiger charge is 2.28. The maximum atomic E-state index is 10.6. The van der Waals surface area contributed by atoms with Crippen LogP contribution in [-0.2, 0) is 10.1 Å². The lowest BCUT2D eigenvalue weighted by Crippen LogP contribution is -2.28. The number of hydrogen-bond donors (Lipinski definition) is 2. The van der Waals surface area contributed by atoms with Crippen LogP contribution in [0.4, 0.5) is 0 Å². The van der Waals surface area contributed by atoms with Crippen LogP contribution >= 0.6 is 0 Å². The molecule has 0 unspecified atom stereocenters. The molecule has 0 atom stereocenters. The normalized spacial score (nSPS) is 33.6. The quantitative estimate of drug-likeness (QED) is 0.564. The van der Waals surface area contributed by atoms with Gasteiger partial charge in [-0.15, -0.1) is 0 Å². The molecule has 0 saturated heterocycles. The summed E-state index contributed by atoms with van der Waals surface area (Å²) in [6, 6.07) is 0. The van der Waals surface area contributed by atoms with E-state index in [4.69, 9.17) is 9.66 Å². The molecule has 4 nitrogen and oxygen atoms in total. The second-order valence-electron chi connectivity index (χ2n) is 2.95. The van der Waals surface area contributed by atoms with Gasteiger partial charge in [-0.05, 0) is 25.7 Å². The molecule has 11 heavy (non-hydrogen) atoms. The minimum absolute atomic E-state index is 0.375. The smallest absolute Gasteiger partial charge is 0.267 e. The van der Waals surface area contributed by atoms with Gasteiger partial charge in [0.05, 0.1) is 11.4 Å². The molecule has 0 aromatic carbocycles. The van der Waals surface area contributed by atoms with Crippen molar-refractivity contribution in [2.45, 2.75) is 37.0 Å². The SMILES string of the molecule is O=S(=O)(O)C1CCC(O)CC1. The monoisotopic (exact) mass is 180 g/mol. The Kier molecular flexibility index (Phi) is 2.51. The van der Waals surface area contributed by atoms with Crippen LogP contribution in [0.25, 0.3) is 0 Å². The van der Waals surface area contributed by atoms with Crippen molar-refractivity contribution in [1.29, 1.82) is 0 Å². The standard InChI is InChI=1S/C6H12O4S/c7-5-1-3-6(4-2-5)11(8,9)10/h5-7H,1-4H2,(H,8,9,10). The van der Waals surface area contributed by atoms with Crippen LogP contribution in [0.1, 0.15) is 25.7 Å². The second kappa shape index (κ2) is 3.08. The highest BCUT2D eigenvalue weighted by molar-refractivity contribution is 7.86. The van der Waals surface area contributed by atoms with Gasteiger partial charge in [0.1, 0.15) is 0 Å². The maximum absolute atomic E-state index is 10.6. The molecule has 5 heteroatoms. The van der Waals surface area contributed by atoms with Crippen LogP contribution in [0.5, 0.6) is 0 Å². The zero-order valence-corrected chi connectivity index (χ0v) is 6.92. The van der Waals surface area contributed by atoms with Gasteiger partial charge in [0.15, 0.2) is 0 Å². The average Bonchev–Trinajstić information content (AvgIpc) is 1.86. The molecule has 0 aliphatic heterocycles. The Bertz CT molecular complexity index is 213. The summed E-state index contributed by atoms with van der Waals surface area (Å²) in [5.74, 6) is 0. The lowest BCUT2D eigenvalue weighted by molar-refractivity contribution is 0.130. The first kappa shape index (κ1) is 8.96. The average molecular weight is 180 g/mol. The fourth-order valence-electron chi connectivity index (χ4n) is 1.34. The number of hydrogen-bond acceptors (Lipinski definition) is 3. The lowest BCUT2D eigenvalue weighted by atomic mass is 9.97. The minimum Gasteiger partial charge on any atom is -0.393 e. The third kappa shape index (κ3) is 2.43. The number of aliphatic hydroxyl groups excluding tert-OH is 1. The third-order valence-electron chi connectivity index (χ3n) is 2.06. The van der Waals surface area contributed by atoms with Gasteiger partial charge in [0.2, 0.25) is 0 Å². The van der Waals surface area contributed by atoms with E-state index in [0.29, 0.717) is 25.7 Å². The summed E-state index contributed by atoms with van der Waals surface area (Å²) in [7, 11) is -3.86. The van der Waals surface area contributed by atoms with Gasteiger partial charge in [-0.1, -0.05) is 0 Å². The van der Waals surface area contributed by atoms with E-state index in [1.165, 1.54) is 0 Å². The zero-order valence-electron chi connectivity index (χ0n) is 6.10. The third-order valence-corrected chi connectivity index (χ3v) is 3.38. The predicted molar refractivity (Wildman–Crippen MR) is 39.8 cm³/mol. The van der Waals surface area contributed by atoms with Crippen LogP contribution in [0.15, 0.2) is 0 Å². The maximum Gasteiger partial charge on any atom is 0.267 e. The first-order valence-corrected chi connectivity index (χ1v) is 5.15. The van der Waals surface area contributed by atoms with Gasteiger partial charge in [-0.3, -0.25) is 4.55 Å². The van der Waals surface area contributed by atoms with Gasteiger partial charge in [-0.2, -0.15) is 8.42 Å². The zero-order chi connectivity index (χ0) is 8.48. The van der Waals surface area contributed by atoms with Crippen LogP contribution in [-0.4, -0.2) is 29.4 Å². The second-order valence-corrected chi connectivity index (χ2v) is 4.64. The molecule has 66 valence electrons. The van der Waals surface area contributed by atoms with E-state index in [9.17, 15) is 8.42 Å². The summed E-state index contributed by atoms with van der Waals surface area (Å²) >= 11 is 0. The molecule has 0 amide bonds. The first-order valence-electron chi connectivity index (χ1n) is 3.64. The molecule has 0 aromatic heterocycles. The highest BCUT2D eigenvalue weighted by Crippen LogP contribution is 2.23. The summed E-state index contributed by atoms with van der Waals surface area (Å²) in [6.45, 7) is 0. The molecule has 1 fully saturated rings. The van der Waals surface area contributed by atoms with Crippen molar-refractivity contribution in [2.75, 3.05) is 0 Å². The molecular weight excluding hydrogens is 168 g/mol. The Labute approximate surface area is 66.0 Å². The van der Waals surface area contributed by atoms with Gasteiger partial charge in [0.25, 0.3) is 10.1 Å². The van der Waals surface area contributed by atoms with Gasteiger partial charge < -0.3 is 5.11 Å².